The fourth-order valence-corrected chi connectivity index (χ4v) is 3.05. The number of ether oxygens (including phenoxy) is 1. The largest absolute Gasteiger partial charge is 0.486 e. The first-order valence-electron chi connectivity index (χ1n) is 8.87. The third kappa shape index (κ3) is 3.86. The monoisotopic (exact) mass is 391 g/mol. The van der Waals surface area contributed by atoms with E-state index >= 15 is 0 Å². The molecule has 0 aliphatic heterocycles. The Bertz CT molecular complexity index is 1190. The third-order valence-electron chi connectivity index (χ3n) is 4.38. The predicted octanol–water partition coefficient (Wildman–Crippen LogP) is 3.35. The van der Waals surface area contributed by atoms with Gasteiger partial charge in [-0.1, -0.05) is 23.4 Å². The lowest BCUT2D eigenvalue weighted by Crippen LogP contribution is -2.17. The van der Waals surface area contributed by atoms with Crippen molar-refractivity contribution in [2.24, 2.45) is 0 Å². The number of hydrogen-bond acceptors (Lipinski definition) is 6. The lowest BCUT2D eigenvalue weighted by atomic mass is 10.1. The summed E-state index contributed by atoms with van der Waals surface area (Å²) in [6.07, 6.45) is 1.71. The normalized spacial score (nSPS) is 10.9. The van der Waals surface area contributed by atoms with Gasteiger partial charge in [0.15, 0.2) is 11.6 Å². The summed E-state index contributed by atoms with van der Waals surface area (Å²) >= 11 is 0. The van der Waals surface area contributed by atoms with Gasteiger partial charge in [-0.25, -0.2) is 4.79 Å². The molecule has 0 aliphatic rings. The first-order chi connectivity index (χ1) is 14.0. The summed E-state index contributed by atoms with van der Waals surface area (Å²) in [5, 5.41) is 13.7. The van der Waals surface area contributed by atoms with E-state index in [1.165, 1.54) is 12.1 Å². The number of aromatic carboxylic acids is 1. The van der Waals surface area contributed by atoms with Gasteiger partial charge in [-0.15, -0.1) is 0 Å². The van der Waals surface area contributed by atoms with E-state index in [4.69, 9.17) is 9.26 Å². The Morgan fingerprint density at radius 3 is 2.66 bits per heavy atom. The molecule has 2 aromatic carbocycles. The molecule has 2 heterocycles. The van der Waals surface area contributed by atoms with Crippen molar-refractivity contribution >= 4 is 22.7 Å². The molecule has 0 spiro atoms. The number of para-hydroxylation sites is 1. The second kappa shape index (κ2) is 7.59. The lowest BCUT2D eigenvalue weighted by Gasteiger charge is -2.07. The maximum absolute atomic E-state index is 12.5. The Labute approximate surface area is 165 Å². The van der Waals surface area contributed by atoms with Gasteiger partial charge in [-0.05, 0) is 37.3 Å². The summed E-state index contributed by atoms with van der Waals surface area (Å²) < 4.78 is 12.5. The lowest BCUT2D eigenvalue weighted by molar-refractivity contribution is -0.121. The van der Waals surface area contributed by atoms with Gasteiger partial charge < -0.3 is 18.9 Å². The minimum Gasteiger partial charge on any atom is -0.486 e. The summed E-state index contributed by atoms with van der Waals surface area (Å²) in [5.74, 6) is 0.164. The Morgan fingerprint density at radius 2 is 1.97 bits per heavy atom. The van der Waals surface area contributed by atoms with Crippen LogP contribution in [0.4, 0.5) is 0 Å². The summed E-state index contributed by atoms with van der Waals surface area (Å²) in [6.45, 7) is 1.67. The number of nitrogens with zero attached hydrogens (tertiary/aromatic N) is 3. The zero-order chi connectivity index (χ0) is 20.4. The summed E-state index contributed by atoms with van der Waals surface area (Å²) in [6, 6.07) is 13.8. The average Bonchev–Trinajstić information content (AvgIpc) is 3.30. The van der Waals surface area contributed by atoms with E-state index < -0.39 is 5.97 Å². The number of fused-ring (bicyclic) bond motifs is 1. The summed E-state index contributed by atoms with van der Waals surface area (Å²) in [4.78, 5) is 28.1. The number of hydrogen-bond donors (Lipinski definition) is 1. The molecule has 0 fully saturated rings. The fraction of sp³-hybridized carbons (Fsp3) is 0.143. The molecular weight excluding hydrogens is 374 g/mol. The van der Waals surface area contributed by atoms with Crippen LogP contribution in [0.1, 0.15) is 16.2 Å². The molecule has 29 heavy (non-hydrogen) atoms. The molecule has 0 unspecified atom stereocenters. The molecule has 0 bridgehead atoms. The highest BCUT2D eigenvalue weighted by Crippen LogP contribution is 2.30. The van der Waals surface area contributed by atoms with Gasteiger partial charge in [0.2, 0.25) is 0 Å². The van der Waals surface area contributed by atoms with Crippen molar-refractivity contribution in [3.05, 3.63) is 66.1 Å². The zero-order valence-electron chi connectivity index (χ0n) is 15.5. The molecular formula is C21H17N3O5. The van der Waals surface area contributed by atoms with Crippen LogP contribution in [-0.4, -0.2) is 38.2 Å². The fourth-order valence-electron chi connectivity index (χ4n) is 3.05. The molecule has 0 amide bonds. The van der Waals surface area contributed by atoms with Gasteiger partial charge in [-0.2, -0.15) is 4.98 Å². The first-order valence-corrected chi connectivity index (χ1v) is 8.87. The minimum absolute atomic E-state index is 0.0584. The molecule has 0 aliphatic carbocycles. The molecule has 8 heteroatoms. The van der Waals surface area contributed by atoms with Crippen molar-refractivity contribution in [3.8, 4) is 17.2 Å². The van der Waals surface area contributed by atoms with Gasteiger partial charge in [0.25, 0.3) is 5.89 Å². The summed E-state index contributed by atoms with van der Waals surface area (Å²) in [7, 11) is 0. The molecule has 0 atom stereocenters. The Balaban J connectivity index is 1.65. The predicted molar refractivity (Wildman–Crippen MR) is 104 cm³/mol. The molecule has 1 N–H and O–H groups in total. The second-order valence-electron chi connectivity index (χ2n) is 6.49. The number of Topliss-reactive ketones (excluding diaryl/α,β-unsaturated/α-hetero) is 1. The first kappa shape index (κ1) is 18.4. The van der Waals surface area contributed by atoms with E-state index in [9.17, 15) is 14.7 Å². The molecule has 0 saturated heterocycles. The van der Waals surface area contributed by atoms with Crippen LogP contribution in [0.2, 0.25) is 0 Å². The van der Waals surface area contributed by atoms with Crippen molar-refractivity contribution in [2.75, 3.05) is 6.61 Å². The molecule has 8 nitrogen and oxygen atoms in total. The van der Waals surface area contributed by atoms with E-state index in [0.717, 1.165) is 0 Å². The van der Waals surface area contributed by atoms with Gasteiger partial charge in [0.1, 0.15) is 12.4 Å². The van der Waals surface area contributed by atoms with Gasteiger partial charge >= 0.3 is 5.97 Å². The van der Waals surface area contributed by atoms with E-state index in [2.05, 4.69) is 10.1 Å². The zero-order valence-corrected chi connectivity index (χ0v) is 15.5. The van der Waals surface area contributed by atoms with Crippen LogP contribution in [0.5, 0.6) is 5.75 Å². The third-order valence-corrected chi connectivity index (χ3v) is 4.38. The summed E-state index contributed by atoms with van der Waals surface area (Å²) in [5.41, 5.74) is 1.39. The van der Waals surface area contributed by atoms with Crippen LogP contribution in [0.25, 0.3) is 22.4 Å². The minimum atomic E-state index is -1.04. The highest BCUT2D eigenvalue weighted by Gasteiger charge is 2.18. The van der Waals surface area contributed by atoms with Crippen molar-refractivity contribution in [1.82, 2.24) is 14.7 Å². The number of carboxylic acids is 1. The van der Waals surface area contributed by atoms with Crippen molar-refractivity contribution in [1.29, 1.82) is 0 Å². The maximum atomic E-state index is 12.5. The number of ketones is 1. The number of carbonyl (C=O) groups is 2. The molecule has 0 radical (unpaired) electrons. The molecule has 0 saturated carbocycles. The quantitative estimate of drug-likeness (QED) is 0.515. The Hall–Kier alpha value is -3.94. The van der Waals surface area contributed by atoms with Gasteiger partial charge in [0, 0.05) is 17.1 Å². The number of carboxylic acid groups (broad SMARTS) is 1. The Morgan fingerprint density at radius 1 is 1.17 bits per heavy atom. The topological polar surface area (TPSA) is 107 Å². The van der Waals surface area contributed by atoms with E-state index in [0.29, 0.717) is 28.0 Å². The number of carbonyl (C=O) groups excluding carboxylic acids is 1. The molecule has 146 valence electrons. The highest BCUT2D eigenvalue weighted by atomic mass is 16.5. The van der Waals surface area contributed by atoms with Crippen LogP contribution in [0, 0.1) is 6.92 Å². The maximum Gasteiger partial charge on any atom is 0.335 e. The number of aryl methyl sites for hydroxylation is 1. The standard InChI is InChI=1S/C21H17N3O5/c1-13-22-20(29-23-13)18-11-24(19-8-7-14(21(26)27)9-17(18)19)10-15(25)12-28-16-5-3-2-4-6-16/h2-9,11H,10,12H2,1H3,(H,26,27). The molecule has 4 rings (SSSR count). The molecule has 4 aromatic rings. The average molecular weight is 391 g/mol. The van der Waals surface area contributed by atoms with Gasteiger partial charge in [0.05, 0.1) is 17.7 Å². The van der Waals surface area contributed by atoms with Crippen LogP contribution in [0.15, 0.2) is 59.3 Å². The van der Waals surface area contributed by atoms with Crippen molar-refractivity contribution < 1.29 is 24.0 Å². The van der Waals surface area contributed by atoms with Crippen LogP contribution >= 0.6 is 0 Å². The van der Waals surface area contributed by atoms with Crippen LogP contribution in [-0.2, 0) is 11.3 Å². The highest BCUT2D eigenvalue weighted by molar-refractivity contribution is 6.00. The molecule has 2 aromatic heterocycles. The van der Waals surface area contributed by atoms with E-state index in [1.807, 2.05) is 18.2 Å². The van der Waals surface area contributed by atoms with Crippen molar-refractivity contribution in [3.63, 3.8) is 0 Å². The smallest absolute Gasteiger partial charge is 0.335 e. The number of rotatable bonds is 7. The number of aromatic nitrogens is 3. The Kier molecular flexibility index (Phi) is 4.82. The van der Waals surface area contributed by atoms with E-state index in [1.54, 1.807) is 35.9 Å². The van der Waals surface area contributed by atoms with Crippen molar-refractivity contribution in [2.45, 2.75) is 13.5 Å². The van der Waals surface area contributed by atoms with Crippen LogP contribution in [0.3, 0.4) is 0 Å². The van der Waals surface area contributed by atoms with E-state index in [-0.39, 0.29) is 30.4 Å². The van der Waals surface area contributed by atoms with Crippen LogP contribution < -0.4 is 4.74 Å². The SMILES string of the molecule is Cc1noc(-c2cn(CC(=O)COc3ccccc3)c3ccc(C(=O)O)cc23)n1. The van der Waals surface area contributed by atoms with Gasteiger partial charge in [-0.3, -0.25) is 4.79 Å². The second-order valence-corrected chi connectivity index (χ2v) is 6.49. The number of benzene rings is 2.